The largest absolute Gasteiger partial charge is 0.507 e. The Hall–Kier alpha value is -2.81. The number of ketones is 1. The number of para-hydroxylation sites is 2. The first-order chi connectivity index (χ1) is 10.6. The smallest absolute Gasteiger partial charge is 0.185 e. The van der Waals surface area contributed by atoms with Crippen molar-refractivity contribution in [3.63, 3.8) is 0 Å². The normalized spacial score (nSPS) is 18.3. The van der Waals surface area contributed by atoms with Crippen molar-refractivity contribution in [3.8, 4) is 11.5 Å². The van der Waals surface area contributed by atoms with Crippen LogP contribution in [0.3, 0.4) is 0 Å². The molecule has 2 N–H and O–H groups in total. The van der Waals surface area contributed by atoms with Gasteiger partial charge in [0.2, 0.25) is 0 Å². The summed E-state index contributed by atoms with van der Waals surface area (Å²) in [5.41, 5.74) is 2.66. The molecule has 0 atom stereocenters. The molecule has 0 heterocycles. The first-order valence-corrected chi connectivity index (χ1v) is 7.17. The fourth-order valence-corrected chi connectivity index (χ4v) is 2.57. The highest BCUT2D eigenvalue weighted by molar-refractivity contribution is 6.15. The Bertz CT molecular complexity index is 719. The molecule has 3 rings (SSSR count). The van der Waals surface area contributed by atoms with E-state index in [9.17, 15) is 15.0 Å². The second-order valence-electron chi connectivity index (χ2n) is 5.29. The molecule has 0 bridgehead atoms. The van der Waals surface area contributed by atoms with Gasteiger partial charge >= 0.3 is 0 Å². The molecule has 0 spiro atoms. The monoisotopic (exact) mass is 292 g/mol. The number of allylic oxidation sites excluding steroid dienone is 2. The van der Waals surface area contributed by atoms with Crippen LogP contribution < -0.4 is 0 Å². The maximum absolute atomic E-state index is 12.4. The van der Waals surface area contributed by atoms with Crippen LogP contribution in [-0.4, -0.2) is 16.0 Å². The topological polar surface area (TPSA) is 57.5 Å². The lowest BCUT2D eigenvalue weighted by atomic mass is 10.1. The molecule has 22 heavy (non-hydrogen) atoms. The molecule has 3 nitrogen and oxygen atoms in total. The molecule has 110 valence electrons. The van der Waals surface area contributed by atoms with Crippen molar-refractivity contribution >= 4 is 17.9 Å². The van der Waals surface area contributed by atoms with E-state index in [1.54, 1.807) is 48.6 Å². The van der Waals surface area contributed by atoms with Gasteiger partial charge in [0, 0.05) is 22.3 Å². The van der Waals surface area contributed by atoms with Crippen molar-refractivity contribution in [2.45, 2.75) is 12.8 Å². The highest BCUT2D eigenvalue weighted by Gasteiger charge is 2.23. The summed E-state index contributed by atoms with van der Waals surface area (Å²) in [6, 6.07) is 13.9. The van der Waals surface area contributed by atoms with Gasteiger partial charge in [0.1, 0.15) is 11.5 Å². The number of carbonyl (C=O) groups is 1. The van der Waals surface area contributed by atoms with Crippen molar-refractivity contribution in [2.75, 3.05) is 0 Å². The number of aromatic hydroxyl groups is 2. The van der Waals surface area contributed by atoms with E-state index in [1.807, 2.05) is 12.1 Å². The van der Waals surface area contributed by atoms with E-state index < -0.39 is 0 Å². The average Bonchev–Trinajstić information content (AvgIpc) is 2.85. The van der Waals surface area contributed by atoms with Crippen molar-refractivity contribution in [3.05, 3.63) is 70.8 Å². The molecule has 0 saturated heterocycles. The third-order valence-electron chi connectivity index (χ3n) is 3.78. The summed E-state index contributed by atoms with van der Waals surface area (Å²) in [5, 5.41) is 19.6. The van der Waals surface area contributed by atoms with Crippen LogP contribution in [0.5, 0.6) is 11.5 Å². The first-order valence-electron chi connectivity index (χ1n) is 7.17. The number of phenolic OH excluding ortho intramolecular Hbond substituents is 2. The van der Waals surface area contributed by atoms with Crippen LogP contribution in [-0.2, 0) is 4.79 Å². The van der Waals surface area contributed by atoms with Gasteiger partial charge in [-0.25, -0.2) is 0 Å². The predicted octanol–water partition coefficient (Wildman–Crippen LogP) is 3.93. The quantitative estimate of drug-likeness (QED) is 0.825. The Kier molecular flexibility index (Phi) is 3.79. The average molecular weight is 292 g/mol. The number of rotatable bonds is 2. The zero-order valence-electron chi connectivity index (χ0n) is 12.0. The van der Waals surface area contributed by atoms with Gasteiger partial charge in [-0.3, -0.25) is 4.79 Å². The minimum atomic E-state index is -0.0218. The van der Waals surface area contributed by atoms with Gasteiger partial charge in [-0.05, 0) is 37.1 Å². The van der Waals surface area contributed by atoms with Crippen LogP contribution >= 0.6 is 0 Å². The fourth-order valence-electron chi connectivity index (χ4n) is 2.57. The summed E-state index contributed by atoms with van der Waals surface area (Å²) in [6.45, 7) is 0. The Morgan fingerprint density at radius 1 is 0.727 bits per heavy atom. The molecule has 0 aromatic heterocycles. The lowest BCUT2D eigenvalue weighted by Gasteiger charge is -2.01. The fraction of sp³-hybridized carbons (Fsp3) is 0.105. The summed E-state index contributed by atoms with van der Waals surface area (Å²) < 4.78 is 0. The zero-order chi connectivity index (χ0) is 15.5. The van der Waals surface area contributed by atoms with Gasteiger partial charge in [-0.1, -0.05) is 36.4 Å². The second kappa shape index (κ2) is 5.90. The molecule has 0 amide bonds. The molecule has 0 unspecified atom stereocenters. The number of carbonyl (C=O) groups excluding carboxylic acids is 1. The van der Waals surface area contributed by atoms with Crippen LogP contribution in [0.1, 0.15) is 24.0 Å². The highest BCUT2D eigenvalue weighted by atomic mass is 16.3. The van der Waals surface area contributed by atoms with E-state index in [2.05, 4.69) is 0 Å². The van der Waals surface area contributed by atoms with E-state index >= 15 is 0 Å². The number of benzene rings is 2. The molecule has 1 fully saturated rings. The van der Waals surface area contributed by atoms with Crippen molar-refractivity contribution in [1.82, 2.24) is 0 Å². The van der Waals surface area contributed by atoms with Crippen LogP contribution in [0.15, 0.2) is 59.7 Å². The number of hydrogen-bond acceptors (Lipinski definition) is 3. The first kappa shape index (κ1) is 14.1. The Balaban J connectivity index is 1.90. The highest BCUT2D eigenvalue weighted by Crippen LogP contribution is 2.32. The summed E-state index contributed by atoms with van der Waals surface area (Å²) >= 11 is 0. The minimum absolute atomic E-state index is 0.0218. The number of phenols is 2. The Morgan fingerprint density at radius 2 is 1.14 bits per heavy atom. The molecule has 2 aromatic carbocycles. The van der Waals surface area contributed by atoms with E-state index in [1.165, 1.54) is 0 Å². The summed E-state index contributed by atoms with van der Waals surface area (Å²) in [4.78, 5) is 12.4. The van der Waals surface area contributed by atoms with E-state index in [0.717, 1.165) is 0 Å². The van der Waals surface area contributed by atoms with Gasteiger partial charge in [-0.2, -0.15) is 0 Å². The maximum atomic E-state index is 12.4. The molecule has 1 aliphatic rings. The van der Waals surface area contributed by atoms with Crippen LogP contribution in [0.25, 0.3) is 12.2 Å². The summed E-state index contributed by atoms with van der Waals surface area (Å²) in [7, 11) is 0. The molecule has 2 aromatic rings. The molecule has 1 aliphatic carbocycles. The Morgan fingerprint density at radius 3 is 1.55 bits per heavy atom. The van der Waals surface area contributed by atoms with E-state index in [0.29, 0.717) is 35.1 Å². The second-order valence-corrected chi connectivity index (χ2v) is 5.29. The number of Topliss-reactive ketones (excluding diaryl/α,β-unsaturated/α-hetero) is 1. The molecule has 3 heteroatoms. The van der Waals surface area contributed by atoms with E-state index in [-0.39, 0.29) is 17.3 Å². The van der Waals surface area contributed by atoms with Gasteiger partial charge in [0.25, 0.3) is 0 Å². The zero-order valence-corrected chi connectivity index (χ0v) is 12.0. The van der Waals surface area contributed by atoms with Gasteiger partial charge in [0.15, 0.2) is 5.78 Å². The lowest BCUT2D eigenvalue weighted by molar-refractivity contribution is -0.111. The van der Waals surface area contributed by atoms with Crippen molar-refractivity contribution in [2.24, 2.45) is 0 Å². The molecule has 1 saturated carbocycles. The van der Waals surface area contributed by atoms with Crippen LogP contribution in [0.2, 0.25) is 0 Å². The third kappa shape index (κ3) is 2.79. The molecular weight excluding hydrogens is 276 g/mol. The standard InChI is InChI=1S/C19H16O3/c20-17-7-3-1-5-13(17)11-15-9-10-16(19(15)22)12-14-6-2-4-8-18(14)21/h1-8,11-12,20-21H,9-10H2/b15-11-,16-12-. The van der Waals surface area contributed by atoms with Gasteiger partial charge in [0.05, 0.1) is 0 Å². The third-order valence-corrected chi connectivity index (χ3v) is 3.78. The minimum Gasteiger partial charge on any atom is -0.507 e. The summed E-state index contributed by atoms with van der Waals surface area (Å²) in [5.74, 6) is 0.313. The molecular formula is C19H16O3. The Labute approximate surface area is 128 Å². The van der Waals surface area contributed by atoms with Gasteiger partial charge in [-0.15, -0.1) is 0 Å². The lowest BCUT2D eigenvalue weighted by Crippen LogP contribution is -1.95. The van der Waals surface area contributed by atoms with Gasteiger partial charge < -0.3 is 10.2 Å². The number of hydrogen-bond donors (Lipinski definition) is 2. The van der Waals surface area contributed by atoms with E-state index in [4.69, 9.17) is 0 Å². The maximum Gasteiger partial charge on any atom is 0.185 e. The van der Waals surface area contributed by atoms with Crippen molar-refractivity contribution in [1.29, 1.82) is 0 Å². The van der Waals surface area contributed by atoms with Crippen LogP contribution in [0.4, 0.5) is 0 Å². The summed E-state index contributed by atoms with van der Waals surface area (Å²) in [6.07, 6.45) is 4.77. The van der Waals surface area contributed by atoms with Crippen molar-refractivity contribution < 1.29 is 15.0 Å². The SMILES string of the molecule is O=C1/C(=C\c2ccccc2O)CC/C1=C/c1ccccc1O. The molecule has 0 radical (unpaired) electrons. The van der Waals surface area contributed by atoms with Crippen LogP contribution in [0, 0.1) is 0 Å². The predicted molar refractivity (Wildman–Crippen MR) is 86.4 cm³/mol. The molecule has 0 aliphatic heterocycles.